The first-order valence-electron chi connectivity index (χ1n) is 15.8. The van der Waals surface area contributed by atoms with Crippen molar-refractivity contribution in [3.05, 3.63) is 35.9 Å². The number of nitrogens with zero attached hydrogens (tertiary/aromatic N) is 1. The number of likely N-dealkylation sites (tertiary alicyclic amines) is 1. The molecule has 5 unspecified atom stereocenters. The average Bonchev–Trinajstić information content (AvgIpc) is 3.40. The number of benzene rings is 1. The van der Waals surface area contributed by atoms with E-state index < -0.39 is 88.3 Å². The molecule has 6 fully saturated rings. The molecule has 15 atom stereocenters. The third-order valence-corrected chi connectivity index (χ3v) is 12.9. The number of rotatable bonds is 8. The second-order valence-electron chi connectivity index (χ2n) is 14.3. The van der Waals surface area contributed by atoms with Crippen LogP contribution < -0.4 is 0 Å². The van der Waals surface area contributed by atoms with Crippen molar-refractivity contribution in [3.8, 4) is 0 Å². The van der Waals surface area contributed by atoms with Crippen LogP contribution >= 0.6 is 0 Å². The average molecular weight is 632 g/mol. The zero-order valence-corrected chi connectivity index (χ0v) is 26.6. The van der Waals surface area contributed by atoms with Crippen molar-refractivity contribution >= 4 is 11.9 Å². The van der Waals surface area contributed by atoms with Crippen molar-refractivity contribution in [2.24, 2.45) is 34.5 Å². The van der Waals surface area contributed by atoms with Crippen molar-refractivity contribution in [2.75, 3.05) is 48.6 Å². The summed E-state index contributed by atoms with van der Waals surface area (Å²) in [5, 5.41) is 37.0. The first-order valence-corrected chi connectivity index (χ1v) is 15.8. The van der Waals surface area contributed by atoms with E-state index in [1.807, 2.05) is 7.05 Å². The van der Waals surface area contributed by atoms with Crippen LogP contribution in [0.3, 0.4) is 0 Å². The number of piperidine rings is 1. The van der Waals surface area contributed by atoms with Gasteiger partial charge in [-0.3, -0.25) is 4.79 Å². The lowest BCUT2D eigenvalue weighted by Gasteiger charge is -2.70. The molecule has 12 heteroatoms. The Morgan fingerprint density at radius 3 is 2.31 bits per heavy atom. The van der Waals surface area contributed by atoms with Crippen molar-refractivity contribution in [1.82, 2.24) is 4.90 Å². The zero-order valence-electron chi connectivity index (χ0n) is 26.6. The van der Waals surface area contributed by atoms with Crippen molar-refractivity contribution in [1.29, 1.82) is 0 Å². The highest BCUT2D eigenvalue weighted by atomic mass is 16.6. The Hall–Kier alpha value is -2.16. The van der Waals surface area contributed by atoms with E-state index in [-0.39, 0.29) is 25.0 Å². The highest BCUT2D eigenvalue weighted by Crippen LogP contribution is 2.80. The summed E-state index contributed by atoms with van der Waals surface area (Å²) in [4.78, 5) is 29.1. The summed E-state index contributed by atoms with van der Waals surface area (Å²) >= 11 is 0. The number of methoxy groups -OCH3 is 4. The molecular weight excluding hydrogens is 586 g/mol. The van der Waals surface area contributed by atoms with Gasteiger partial charge in [-0.05, 0) is 31.5 Å². The number of esters is 2. The Morgan fingerprint density at radius 1 is 1.00 bits per heavy atom. The molecular formula is C33H45NO11. The minimum Gasteiger partial charge on any atom is -0.455 e. The third kappa shape index (κ3) is 3.55. The Kier molecular flexibility index (Phi) is 7.28. The second-order valence-corrected chi connectivity index (χ2v) is 14.3. The Balaban J connectivity index is 1.52. The van der Waals surface area contributed by atoms with Crippen LogP contribution in [0.5, 0.6) is 0 Å². The maximum absolute atomic E-state index is 13.7. The molecule has 3 N–H and O–H groups in total. The predicted molar refractivity (Wildman–Crippen MR) is 156 cm³/mol. The SMILES string of the molecule is COC[C@]12CN(C)[C@@H]3[C@@H]4C(OC)C1[C@]3(C1C[C@@]3(O)C(OC(=O)c5ccccc5)C1[C@]4(OC(C)=O)[C@@H](O)[C@@H]3OC)[C@@H](OC)C[C@H]2O. The number of ether oxygens (including phenoxy) is 6. The van der Waals surface area contributed by atoms with E-state index in [0.29, 0.717) is 18.5 Å². The quantitative estimate of drug-likeness (QED) is 0.337. The van der Waals surface area contributed by atoms with Gasteiger partial charge in [0.25, 0.3) is 0 Å². The van der Waals surface area contributed by atoms with Crippen LogP contribution in [0.1, 0.15) is 30.1 Å². The Bertz CT molecular complexity index is 1350. The molecule has 5 saturated carbocycles. The van der Waals surface area contributed by atoms with Gasteiger partial charge < -0.3 is 48.6 Å². The minimum absolute atomic E-state index is 0.0754. The molecule has 1 aromatic carbocycles. The molecule has 1 saturated heterocycles. The Labute approximate surface area is 262 Å². The van der Waals surface area contributed by atoms with Gasteiger partial charge in [-0.1, -0.05) is 18.2 Å². The summed E-state index contributed by atoms with van der Waals surface area (Å²) in [6.07, 6.45) is -5.50. The first kappa shape index (κ1) is 31.4. The van der Waals surface area contributed by atoms with Gasteiger partial charge in [0.1, 0.15) is 23.9 Å². The van der Waals surface area contributed by atoms with Crippen LogP contribution in [-0.2, 0) is 33.2 Å². The van der Waals surface area contributed by atoms with E-state index in [4.69, 9.17) is 28.4 Å². The minimum atomic E-state index is -1.83. The molecule has 1 heterocycles. The smallest absolute Gasteiger partial charge is 0.338 e. The highest BCUT2D eigenvalue weighted by molar-refractivity contribution is 5.89. The Morgan fingerprint density at radius 2 is 1.71 bits per heavy atom. The second kappa shape index (κ2) is 10.4. The van der Waals surface area contributed by atoms with Gasteiger partial charge in [0.2, 0.25) is 0 Å². The molecule has 1 aromatic rings. The van der Waals surface area contributed by atoms with E-state index in [1.54, 1.807) is 51.7 Å². The molecule has 0 amide bonds. The summed E-state index contributed by atoms with van der Waals surface area (Å²) < 4.78 is 37.2. The summed E-state index contributed by atoms with van der Waals surface area (Å²) in [6, 6.07) is 8.15. The molecule has 6 aliphatic rings. The van der Waals surface area contributed by atoms with Crippen LogP contribution in [0.15, 0.2) is 30.3 Å². The highest BCUT2D eigenvalue weighted by Gasteiger charge is 2.92. The predicted octanol–water partition coefficient (Wildman–Crippen LogP) is 0.258. The topological polar surface area (TPSA) is 153 Å². The van der Waals surface area contributed by atoms with Crippen LogP contribution in [-0.4, -0.2) is 135 Å². The molecule has 7 rings (SSSR count). The molecule has 0 radical (unpaired) electrons. The van der Waals surface area contributed by atoms with Gasteiger partial charge in [-0.25, -0.2) is 4.79 Å². The molecule has 0 aromatic heterocycles. The van der Waals surface area contributed by atoms with Gasteiger partial charge in [-0.2, -0.15) is 0 Å². The van der Waals surface area contributed by atoms with Crippen molar-refractivity contribution in [2.45, 2.75) is 73.6 Å². The van der Waals surface area contributed by atoms with Gasteiger partial charge in [0.15, 0.2) is 5.60 Å². The van der Waals surface area contributed by atoms with Crippen LogP contribution in [0.25, 0.3) is 0 Å². The number of aliphatic hydroxyl groups is 3. The molecule has 1 spiro atoms. The third-order valence-electron chi connectivity index (χ3n) is 12.9. The molecule has 5 aliphatic carbocycles. The lowest BCUT2D eigenvalue weighted by Crippen LogP contribution is -2.81. The molecule has 12 nitrogen and oxygen atoms in total. The first-order chi connectivity index (χ1) is 21.4. The molecule has 7 bridgehead atoms. The standard InChI is InChI=1S/C33H45NO11/c1-16(35)45-33-21-18(13-31(39,28(43-6)26(33)37)27(21)44-29(38)17-10-8-7-9-11-17)32-20(41-4)12-19(36)30(15-40-3)14-34(2)25(32)22(33)23(42-5)24(30)32/h7-11,18-28,36-37,39H,12-15H2,1-6H3/t18?,19-,20+,21?,22+,23?,24?,25-,26+,27?,28+,30+,31-,32+,33-/m1/s1. The molecule has 1 aliphatic heterocycles. The lowest BCUT2D eigenvalue weighted by atomic mass is 9.42. The van der Waals surface area contributed by atoms with Gasteiger partial charge in [0.05, 0.1) is 30.5 Å². The number of aliphatic hydroxyl groups excluding tert-OH is 2. The van der Waals surface area contributed by atoms with E-state index in [2.05, 4.69) is 4.90 Å². The van der Waals surface area contributed by atoms with E-state index in [0.717, 1.165) is 0 Å². The number of carbonyl (C=O) groups is 2. The summed E-state index contributed by atoms with van der Waals surface area (Å²) in [7, 11) is 8.20. The van der Waals surface area contributed by atoms with E-state index in [9.17, 15) is 24.9 Å². The maximum Gasteiger partial charge on any atom is 0.338 e. The normalized spacial score (nSPS) is 50.7. The fourth-order valence-corrected chi connectivity index (χ4v) is 12.2. The van der Waals surface area contributed by atoms with Crippen molar-refractivity contribution < 1.29 is 53.3 Å². The van der Waals surface area contributed by atoms with E-state index >= 15 is 0 Å². The fourth-order valence-electron chi connectivity index (χ4n) is 12.2. The molecule has 248 valence electrons. The fraction of sp³-hybridized carbons (Fsp3) is 0.758. The molecule has 45 heavy (non-hydrogen) atoms. The van der Waals surface area contributed by atoms with Crippen LogP contribution in [0, 0.1) is 34.5 Å². The van der Waals surface area contributed by atoms with Crippen molar-refractivity contribution in [3.63, 3.8) is 0 Å². The lowest BCUT2D eigenvalue weighted by molar-refractivity contribution is -0.321. The number of hydrogen-bond donors (Lipinski definition) is 3. The van der Waals surface area contributed by atoms with Crippen LogP contribution in [0.2, 0.25) is 0 Å². The monoisotopic (exact) mass is 631 g/mol. The summed E-state index contributed by atoms with van der Waals surface area (Å²) in [5.41, 5.74) is -4.79. The van der Waals surface area contributed by atoms with Gasteiger partial charge >= 0.3 is 11.9 Å². The zero-order chi connectivity index (χ0) is 32.3. The van der Waals surface area contributed by atoms with Crippen LogP contribution in [0.4, 0.5) is 0 Å². The number of fused-ring (bicyclic) bond motifs is 2. The summed E-state index contributed by atoms with van der Waals surface area (Å²) in [6.45, 7) is 2.00. The number of carbonyl (C=O) groups excluding carboxylic acids is 2. The van der Waals surface area contributed by atoms with Gasteiger partial charge in [-0.15, -0.1) is 0 Å². The van der Waals surface area contributed by atoms with Gasteiger partial charge in [0, 0.05) is 83.0 Å². The maximum atomic E-state index is 13.7. The summed E-state index contributed by atoms with van der Waals surface area (Å²) in [5.74, 6) is -3.66. The largest absolute Gasteiger partial charge is 0.455 e. The number of hydrogen-bond acceptors (Lipinski definition) is 12. The van der Waals surface area contributed by atoms with E-state index in [1.165, 1.54) is 14.0 Å².